The van der Waals surface area contributed by atoms with E-state index in [2.05, 4.69) is 17.9 Å². The first-order valence-electron chi connectivity index (χ1n) is 11.0. The maximum Gasteiger partial charge on any atom is 0.264 e. The van der Waals surface area contributed by atoms with Crippen molar-refractivity contribution in [1.29, 1.82) is 0 Å². The molecule has 0 aromatic carbocycles. The third-order valence-corrected chi connectivity index (χ3v) is 7.74. The molecule has 2 fully saturated rings. The molecule has 28 heavy (non-hydrogen) atoms. The number of carbonyl (C=O) groups is 2. The Morgan fingerprint density at radius 3 is 2.43 bits per heavy atom. The fourth-order valence-corrected chi connectivity index (χ4v) is 5.86. The van der Waals surface area contributed by atoms with E-state index in [1.165, 1.54) is 29.7 Å². The summed E-state index contributed by atoms with van der Waals surface area (Å²) in [5.74, 6) is 1.18. The van der Waals surface area contributed by atoms with E-state index in [-0.39, 0.29) is 11.8 Å². The summed E-state index contributed by atoms with van der Waals surface area (Å²) in [4.78, 5) is 34.1. The molecule has 1 aromatic heterocycles. The van der Waals surface area contributed by atoms with E-state index in [1.807, 2.05) is 9.80 Å². The third kappa shape index (κ3) is 4.60. The van der Waals surface area contributed by atoms with Crippen molar-refractivity contribution in [2.45, 2.75) is 51.9 Å². The van der Waals surface area contributed by atoms with E-state index < -0.39 is 0 Å². The molecule has 2 aliphatic heterocycles. The van der Waals surface area contributed by atoms with Crippen LogP contribution in [0.3, 0.4) is 0 Å². The topological polar surface area (TPSA) is 43.9 Å². The zero-order valence-electron chi connectivity index (χ0n) is 17.1. The first-order valence-corrected chi connectivity index (χ1v) is 11.8. The molecule has 0 N–H and O–H groups in total. The molecule has 1 unspecified atom stereocenters. The molecule has 1 aromatic rings. The number of piperazine rings is 1. The van der Waals surface area contributed by atoms with Crippen molar-refractivity contribution in [2.75, 3.05) is 45.8 Å². The van der Waals surface area contributed by atoms with E-state index in [4.69, 9.17) is 0 Å². The molecule has 1 aliphatic carbocycles. The van der Waals surface area contributed by atoms with Crippen LogP contribution in [-0.4, -0.2) is 72.3 Å². The van der Waals surface area contributed by atoms with Crippen molar-refractivity contribution in [3.05, 3.63) is 21.4 Å². The van der Waals surface area contributed by atoms with Gasteiger partial charge in [0, 0.05) is 44.1 Å². The number of thiophene rings is 1. The molecule has 3 aliphatic rings. The third-order valence-electron chi connectivity index (χ3n) is 6.52. The van der Waals surface area contributed by atoms with E-state index in [0.29, 0.717) is 6.54 Å². The molecule has 6 heteroatoms. The van der Waals surface area contributed by atoms with Crippen molar-refractivity contribution >= 4 is 23.2 Å². The molecule has 0 spiro atoms. The van der Waals surface area contributed by atoms with Crippen molar-refractivity contribution in [2.24, 2.45) is 5.92 Å². The van der Waals surface area contributed by atoms with Crippen molar-refractivity contribution < 1.29 is 9.59 Å². The lowest BCUT2D eigenvalue weighted by atomic mass is 9.90. The number of carbonyl (C=O) groups excluding carboxylic acids is 2. The highest BCUT2D eigenvalue weighted by molar-refractivity contribution is 7.14. The minimum absolute atomic E-state index is 0.186. The summed E-state index contributed by atoms with van der Waals surface area (Å²) in [6.45, 7) is 7.69. The molecular weight excluding hydrogens is 370 g/mol. The van der Waals surface area contributed by atoms with Crippen molar-refractivity contribution in [3.8, 4) is 0 Å². The fourth-order valence-electron chi connectivity index (χ4n) is 4.69. The summed E-state index contributed by atoms with van der Waals surface area (Å²) in [7, 11) is 0. The Labute approximate surface area is 172 Å². The zero-order valence-corrected chi connectivity index (χ0v) is 17.9. The molecule has 4 rings (SSSR count). The minimum atomic E-state index is 0.186. The Bertz CT molecular complexity index is 701. The summed E-state index contributed by atoms with van der Waals surface area (Å²) in [5, 5.41) is 0. The number of nitrogens with zero attached hydrogens (tertiary/aromatic N) is 3. The highest BCUT2D eigenvalue weighted by Gasteiger charge is 2.27. The number of likely N-dealkylation sites (tertiary alicyclic amines) is 1. The largest absolute Gasteiger partial charge is 0.342 e. The van der Waals surface area contributed by atoms with E-state index in [0.717, 1.165) is 75.7 Å². The van der Waals surface area contributed by atoms with Crippen LogP contribution in [0, 0.1) is 5.92 Å². The summed E-state index contributed by atoms with van der Waals surface area (Å²) < 4.78 is 0. The average Bonchev–Trinajstić information content (AvgIpc) is 2.92. The molecule has 2 saturated heterocycles. The highest BCUT2D eigenvalue weighted by Crippen LogP contribution is 2.32. The van der Waals surface area contributed by atoms with Gasteiger partial charge in [-0.25, -0.2) is 0 Å². The molecule has 1 atom stereocenters. The maximum absolute atomic E-state index is 13.0. The molecule has 3 heterocycles. The first kappa shape index (κ1) is 19.9. The SMILES string of the molecule is CC1CCc2sc(C(=O)N3CCN(CC(=O)N4CCCCCC4)CC3)cc2C1. The van der Waals surface area contributed by atoms with Gasteiger partial charge in [0.2, 0.25) is 5.91 Å². The van der Waals surface area contributed by atoms with Crippen molar-refractivity contribution in [3.63, 3.8) is 0 Å². The number of fused-ring (bicyclic) bond motifs is 1. The van der Waals surface area contributed by atoms with Gasteiger partial charge < -0.3 is 9.80 Å². The second-order valence-electron chi connectivity index (χ2n) is 8.77. The summed E-state index contributed by atoms with van der Waals surface area (Å²) >= 11 is 1.71. The average molecular weight is 404 g/mol. The Kier molecular flexibility index (Phi) is 6.36. The van der Waals surface area contributed by atoms with Gasteiger partial charge in [-0.05, 0) is 49.7 Å². The van der Waals surface area contributed by atoms with Crippen LogP contribution in [0.5, 0.6) is 0 Å². The lowest BCUT2D eigenvalue weighted by Crippen LogP contribution is -2.51. The molecular formula is C22H33N3O2S. The predicted molar refractivity (Wildman–Crippen MR) is 113 cm³/mol. The van der Waals surface area contributed by atoms with Crippen molar-refractivity contribution in [1.82, 2.24) is 14.7 Å². The molecule has 154 valence electrons. The van der Waals surface area contributed by atoms with Gasteiger partial charge in [-0.2, -0.15) is 0 Å². The van der Waals surface area contributed by atoms with Gasteiger partial charge >= 0.3 is 0 Å². The van der Waals surface area contributed by atoms with E-state index in [1.54, 1.807) is 11.3 Å². The molecule has 2 amide bonds. The van der Waals surface area contributed by atoms with Crippen LogP contribution in [0.15, 0.2) is 6.07 Å². The lowest BCUT2D eigenvalue weighted by molar-refractivity contribution is -0.132. The van der Waals surface area contributed by atoms with Gasteiger partial charge in [0.25, 0.3) is 5.91 Å². The minimum Gasteiger partial charge on any atom is -0.342 e. The Hall–Kier alpha value is -1.40. The quantitative estimate of drug-likeness (QED) is 0.779. The van der Waals surface area contributed by atoms with Gasteiger partial charge in [-0.3, -0.25) is 14.5 Å². The number of rotatable bonds is 3. The monoisotopic (exact) mass is 403 g/mol. The van der Waals surface area contributed by atoms with Gasteiger partial charge in [-0.1, -0.05) is 19.8 Å². The van der Waals surface area contributed by atoms with Gasteiger partial charge in [-0.15, -0.1) is 11.3 Å². The van der Waals surface area contributed by atoms with Crippen LogP contribution in [-0.2, 0) is 17.6 Å². The summed E-state index contributed by atoms with van der Waals surface area (Å²) in [5.41, 5.74) is 1.40. The maximum atomic E-state index is 13.0. The lowest BCUT2D eigenvalue weighted by Gasteiger charge is -2.35. The first-order chi connectivity index (χ1) is 13.6. The summed E-state index contributed by atoms with van der Waals surface area (Å²) in [6, 6.07) is 2.15. The second-order valence-corrected chi connectivity index (χ2v) is 9.91. The van der Waals surface area contributed by atoms with E-state index in [9.17, 15) is 9.59 Å². The molecule has 0 radical (unpaired) electrons. The molecule has 0 bridgehead atoms. The number of hydrogen-bond donors (Lipinski definition) is 0. The fraction of sp³-hybridized carbons (Fsp3) is 0.727. The Balaban J connectivity index is 1.28. The van der Waals surface area contributed by atoms with Gasteiger partial charge in [0.15, 0.2) is 0 Å². The van der Waals surface area contributed by atoms with Gasteiger partial charge in [0.05, 0.1) is 11.4 Å². The van der Waals surface area contributed by atoms with Gasteiger partial charge in [0.1, 0.15) is 0 Å². The van der Waals surface area contributed by atoms with Crippen LogP contribution in [0.4, 0.5) is 0 Å². The smallest absolute Gasteiger partial charge is 0.264 e. The number of aryl methyl sites for hydroxylation is 1. The highest BCUT2D eigenvalue weighted by atomic mass is 32.1. The standard InChI is InChI=1S/C22H33N3O2S/c1-17-6-7-19-18(14-17)15-20(28-19)22(27)25-12-10-23(11-13-25)16-21(26)24-8-4-2-3-5-9-24/h15,17H,2-14,16H2,1H3. The van der Waals surface area contributed by atoms with Crippen LogP contribution >= 0.6 is 11.3 Å². The second kappa shape index (κ2) is 8.95. The Morgan fingerprint density at radius 2 is 1.71 bits per heavy atom. The van der Waals surface area contributed by atoms with E-state index >= 15 is 0 Å². The number of hydrogen-bond acceptors (Lipinski definition) is 4. The van der Waals surface area contributed by atoms with Crippen LogP contribution < -0.4 is 0 Å². The summed E-state index contributed by atoms with van der Waals surface area (Å²) in [6.07, 6.45) is 8.25. The number of amides is 2. The zero-order chi connectivity index (χ0) is 19.5. The van der Waals surface area contributed by atoms with Crippen LogP contribution in [0.2, 0.25) is 0 Å². The normalized spacial score (nSPS) is 24.0. The predicted octanol–water partition coefficient (Wildman–Crippen LogP) is 3.03. The van der Waals surface area contributed by atoms with Crippen LogP contribution in [0.25, 0.3) is 0 Å². The Morgan fingerprint density at radius 1 is 1.00 bits per heavy atom. The molecule has 5 nitrogen and oxygen atoms in total. The van der Waals surface area contributed by atoms with Crippen LogP contribution in [0.1, 0.15) is 59.1 Å². The molecule has 0 saturated carbocycles.